The largest absolute Gasteiger partial charge is 0.355 e. The maximum Gasteiger partial charge on any atom is 0.131 e. The fraction of sp³-hybridized carbons (Fsp3) is 0.667. The second-order valence-corrected chi connectivity index (χ2v) is 5.87. The van der Waals surface area contributed by atoms with Gasteiger partial charge in [-0.1, -0.05) is 6.07 Å². The van der Waals surface area contributed by atoms with E-state index >= 15 is 0 Å². The highest BCUT2D eigenvalue weighted by atomic mass is 15.2. The molecule has 0 bridgehead atoms. The Morgan fingerprint density at radius 2 is 2.32 bits per heavy atom. The molecule has 1 aliphatic heterocycles. The van der Waals surface area contributed by atoms with Crippen LogP contribution in [-0.2, 0) is 6.42 Å². The van der Waals surface area contributed by atoms with Gasteiger partial charge in [0.2, 0.25) is 0 Å². The van der Waals surface area contributed by atoms with Crippen molar-refractivity contribution in [3.8, 4) is 0 Å². The van der Waals surface area contributed by atoms with E-state index in [-0.39, 0.29) is 6.04 Å². The fourth-order valence-electron chi connectivity index (χ4n) is 2.79. The highest BCUT2D eigenvalue weighted by Gasteiger charge is 2.23. The number of hydrogen-bond donors (Lipinski definition) is 1. The van der Waals surface area contributed by atoms with Crippen LogP contribution in [0.5, 0.6) is 0 Å². The third-order valence-corrected chi connectivity index (χ3v) is 3.84. The second-order valence-electron chi connectivity index (χ2n) is 5.87. The summed E-state index contributed by atoms with van der Waals surface area (Å²) in [6, 6.07) is 4.97. The molecule has 2 atom stereocenters. The molecule has 1 aromatic heterocycles. The van der Waals surface area contributed by atoms with Gasteiger partial charge in [0.15, 0.2) is 0 Å². The molecule has 2 N–H and O–H groups in total. The normalized spacial score (nSPS) is 21.7. The highest BCUT2D eigenvalue weighted by molar-refractivity contribution is 5.47. The lowest BCUT2D eigenvalue weighted by Crippen LogP contribution is -2.45. The lowest BCUT2D eigenvalue weighted by atomic mass is 10.0. The van der Waals surface area contributed by atoms with Crippen molar-refractivity contribution in [2.75, 3.05) is 32.1 Å². The van der Waals surface area contributed by atoms with Gasteiger partial charge in [-0.3, -0.25) is 0 Å². The van der Waals surface area contributed by atoms with Crippen molar-refractivity contribution in [1.29, 1.82) is 0 Å². The molecular weight excluding hydrogens is 236 g/mol. The average molecular weight is 262 g/mol. The molecular formula is C15H26N4. The minimum Gasteiger partial charge on any atom is -0.355 e. The van der Waals surface area contributed by atoms with E-state index in [0.717, 1.165) is 25.3 Å². The maximum absolute atomic E-state index is 5.94. The molecule has 0 saturated carbocycles. The van der Waals surface area contributed by atoms with Crippen LogP contribution in [0, 0.1) is 0 Å². The van der Waals surface area contributed by atoms with Crippen molar-refractivity contribution in [2.45, 2.75) is 38.3 Å². The van der Waals surface area contributed by atoms with Crippen LogP contribution in [0.1, 0.15) is 25.3 Å². The minimum absolute atomic E-state index is 0.178. The Hall–Kier alpha value is -1.13. The molecule has 0 radical (unpaired) electrons. The molecule has 0 spiro atoms. The summed E-state index contributed by atoms with van der Waals surface area (Å²) < 4.78 is 0. The van der Waals surface area contributed by atoms with Crippen LogP contribution in [-0.4, -0.2) is 49.2 Å². The molecule has 4 nitrogen and oxygen atoms in total. The number of anilines is 1. The van der Waals surface area contributed by atoms with Crippen LogP contribution in [0.4, 0.5) is 5.82 Å². The first kappa shape index (κ1) is 14.3. The monoisotopic (exact) mass is 262 g/mol. The molecule has 1 aromatic rings. The Balaban J connectivity index is 2.16. The summed E-state index contributed by atoms with van der Waals surface area (Å²) in [6.07, 6.45) is 5.29. The summed E-state index contributed by atoms with van der Waals surface area (Å²) in [5, 5.41) is 0. The molecule has 4 heteroatoms. The topological polar surface area (TPSA) is 45.4 Å². The molecule has 1 fully saturated rings. The zero-order valence-electron chi connectivity index (χ0n) is 12.3. The van der Waals surface area contributed by atoms with E-state index in [4.69, 9.17) is 5.73 Å². The van der Waals surface area contributed by atoms with E-state index in [1.54, 1.807) is 0 Å². The predicted octanol–water partition coefficient (Wildman–Crippen LogP) is 1.50. The molecule has 2 unspecified atom stereocenters. The Kier molecular flexibility index (Phi) is 4.77. The molecule has 0 aliphatic carbocycles. The highest BCUT2D eigenvalue weighted by Crippen LogP contribution is 2.23. The third kappa shape index (κ3) is 3.67. The van der Waals surface area contributed by atoms with Gasteiger partial charge in [0.05, 0.1) is 0 Å². The summed E-state index contributed by atoms with van der Waals surface area (Å²) in [5.41, 5.74) is 7.22. The van der Waals surface area contributed by atoms with Crippen LogP contribution in [0.3, 0.4) is 0 Å². The van der Waals surface area contributed by atoms with Gasteiger partial charge in [-0.25, -0.2) is 4.98 Å². The molecule has 0 aromatic carbocycles. The number of piperidine rings is 1. The summed E-state index contributed by atoms with van der Waals surface area (Å²) in [7, 11) is 4.32. The van der Waals surface area contributed by atoms with Crippen molar-refractivity contribution >= 4 is 5.82 Å². The number of nitrogens with zero attached hydrogens (tertiary/aromatic N) is 3. The van der Waals surface area contributed by atoms with Crippen LogP contribution in [0.25, 0.3) is 0 Å². The zero-order chi connectivity index (χ0) is 13.8. The number of nitrogens with two attached hydrogens (primary N) is 1. The Bertz CT molecular complexity index is 403. The molecule has 1 saturated heterocycles. The zero-order valence-corrected chi connectivity index (χ0v) is 12.3. The number of aromatic nitrogens is 1. The fourth-order valence-corrected chi connectivity index (χ4v) is 2.79. The summed E-state index contributed by atoms with van der Waals surface area (Å²) in [4.78, 5) is 9.34. The smallest absolute Gasteiger partial charge is 0.131 e. The summed E-state index contributed by atoms with van der Waals surface area (Å²) >= 11 is 0. The van der Waals surface area contributed by atoms with Gasteiger partial charge in [-0.15, -0.1) is 0 Å². The Labute approximate surface area is 116 Å². The van der Waals surface area contributed by atoms with E-state index in [2.05, 4.69) is 41.9 Å². The first-order valence-corrected chi connectivity index (χ1v) is 7.18. The van der Waals surface area contributed by atoms with Crippen LogP contribution in [0.15, 0.2) is 18.3 Å². The van der Waals surface area contributed by atoms with Crippen molar-refractivity contribution < 1.29 is 0 Å². The quantitative estimate of drug-likeness (QED) is 0.893. The van der Waals surface area contributed by atoms with Crippen molar-refractivity contribution in [2.24, 2.45) is 5.73 Å². The molecule has 2 heterocycles. The molecule has 0 amide bonds. The predicted molar refractivity (Wildman–Crippen MR) is 80.5 cm³/mol. The van der Waals surface area contributed by atoms with Crippen LogP contribution >= 0.6 is 0 Å². The van der Waals surface area contributed by atoms with E-state index in [1.807, 2.05) is 12.3 Å². The lowest BCUT2D eigenvalue weighted by Gasteiger charge is -2.37. The standard InChI is InChI=1S/C15H26N4/c1-12(16)10-13-6-4-8-17-15(13)19-9-5-7-14(11-19)18(2)3/h4,6,8,12,14H,5,7,9-11,16H2,1-3H3. The van der Waals surface area contributed by atoms with Gasteiger partial charge in [-0.05, 0) is 51.9 Å². The minimum atomic E-state index is 0.178. The van der Waals surface area contributed by atoms with Crippen LogP contribution in [0.2, 0.25) is 0 Å². The summed E-state index contributed by atoms with van der Waals surface area (Å²) in [6.45, 7) is 4.22. The summed E-state index contributed by atoms with van der Waals surface area (Å²) in [5.74, 6) is 1.13. The molecule has 106 valence electrons. The van der Waals surface area contributed by atoms with Gasteiger partial charge < -0.3 is 15.5 Å². The maximum atomic E-state index is 5.94. The lowest BCUT2D eigenvalue weighted by molar-refractivity contribution is 0.257. The average Bonchev–Trinajstić information content (AvgIpc) is 2.39. The van der Waals surface area contributed by atoms with Gasteiger partial charge in [0, 0.05) is 31.4 Å². The van der Waals surface area contributed by atoms with Crippen molar-refractivity contribution in [3.05, 3.63) is 23.9 Å². The number of hydrogen-bond acceptors (Lipinski definition) is 4. The van der Waals surface area contributed by atoms with Gasteiger partial charge in [0.25, 0.3) is 0 Å². The first-order valence-electron chi connectivity index (χ1n) is 7.18. The van der Waals surface area contributed by atoms with E-state index in [9.17, 15) is 0 Å². The van der Waals surface area contributed by atoms with Gasteiger partial charge in [0.1, 0.15) is 5.82 Å². The Morgan fingerprint density at radius 1 is 1.53 bits per heavy atom. The first-order chi connectivity index (χ1) is 9.08. The SMILES string of the molecule is CC(N)Cc1cccnc1N1CCCC(N(C)C)C1. The number of pyridine rings is 1. The van der Waals surface area contributed by atoms with Crippen molar-refractivity contribution in [1.82, 2.24) is 9.88 Å². The molecule has 2 rings (SSSR count). The van der Waals surface area contributed by atoms with Gasteiger partial charge in [-0.2, -0.15) is 0 Å². The van der Waals surface area contributed by atoms with Crippen LogP contribution < -0.4 is 10.6 Å². The van der Waals surface area contributed by atoms with E-state index in [1.165, 1.54) is 18.4 Å². The van der Waals surface area contributed by atoms with E-state index in [0.29, 0.717) is 6.04 Å². The third-order valence-electron chi connectivity index (χ3n) is 3.84. The van der Waals surface area contributed by atoms with Crippen molar-refractivity contribution in [3.63, 3.8) is 0 Å². The van der Waals surface area contributed by atoms with E-state index < -0.39 is 0 Å². The number of rotatable bonds is 4. The second kappa shape index (κ2) is 6.35. The molecule has 19 heavy (non-hydrogen) atoms. The molecule has 1 aliphatic rings. The van der Waals surface area contributed by atoms with Gasteiger partial charge >= 0.3 is 0 Å². The Morgan fingerprint density at radius 3 is 3.00 bits per heavy atom. The number of likely N-dealkylation sites (N-methyl/N-ethyl adjacent to an activating group) is 1.